The SMILES string of the molecule is COCC1(c2cccc(C3(N=C=O)CC3)c2)CC1. The van der Waals surface area contributed by atoms with Gasteiger partial charge in [0.1, 0.15) is 0 Å². The van der Waals surface area contributed by atoms with Crippen molar-refractivity contribution < 1.29 is 9.53 Å². The molecule has 0 radical (unpaired) electrons. The largest absolute Gasteiger partial charge is 0.384 e. The van der Waals surface area contributed by atoms with E-state index < -0.39 is 0 Å². The molecule has 18 heavy (non-hydrogen) atoms. The van der Waals surface area contributed by atoms with Crippen molar-refractivity contribution >= 4 is 6.08 Å². The molecule has 3 nitrogen and oxygen atoms in total. The second kappa shape index (κ2) is 4.04. The average Bonchev–Trinajstić information content (AvgIpc) is 3.27. The molecule has 0 N–H and O–H groups in total. The third-order valence-electron chi connectivity index (χ3n) is 4.27. The Morgan fingerprint density at radius 1 is 1.28 bits per heavy atom. The quantitative estimate of drug-likeness (QED) is 0.589. The zero-order chi connectivity index (χ0) is 12.6. The van der Waals surface area contributed by atoms with Crippen LogP contribution in [-0.4, -0.2) is 19.8 Å². The number of rotatable bonds is 5. The topological polar surface area (TPSA) is 38.7 Å². The van der Waals surface area contributed by atoms with Crippen LogP contribution in [-0.2, 0) is 20.5 Å². The molecule has 3 heteroatoms. The molecule has 0 aromatic heterocycles. The summed E-state index contributed by atoms with van der Waals surface area (Å²) in [5, 5.41) is 0. The normalized spacial score (nSPS) is 22.1. The Labute approximate surface area is 107 Å². The zero-order valence-corrected chi connectivity index (χ0v) is 10.6. The molecule has 0 unspecified atom stereocenters. The number of aliphatic imine (C=N–C) groups is 1. The summed E-state index contributed by atoms with van der Waals surface area (Å²) >= 11 is 0. The number of isocyanates is 1. The van der Waals surface area contributed by atoms with E-state index in [-0.39, 0.29) is 11.0 Å². The molecule has 1 aromatic rings. The summed E-state index contributed by atoms with van der Waals surface area (Å²) in [7, 11) is 1.75. The summed E-state index contributed by atoms with van der Waals surface area (Å²) < 4.78 is 5.33. The van der Waals surface area contributed by atoms with Crippen molar-refractivity contribution in [2.75, 3.05) is 13.7 Å². The minimum atomic E-state index is -0.263. The fourth-order valence-corrected chi connectivity index (χ4v) is 2.75. The molecular weight excluding hydrogens is 226 g/mol. The second-order valence-corrected chi connectivity index (χ2v) is 5.53. The van der Waals surface area contributed by atoms with Gasteiger partial charge in [0, 0.05) is 12.5 Å². The molecule has 0 atom stereocenters. The van der Waals surface area contributed by atoms with Crippen molar-refractivity contribution in [1.82, 2.24) is 0 Å². The van der Waals surface area contributed by atoms with E-state index in [1.807, 2.05) is 0 Å². The maximum absolute atomic E-state index is 10.5. The average molecular weight is 243 g/mol. The molecule has 0 heterocycles. The molecule has 1 aromatic carbocycles. The molecule has 2 fully saturated rings. The first kappa shape index (κ1) is 11.6. The molecule has 0 saturated heterocycles. The van der Waals surface area contributed by atoms with Gasteiger partial charge in [0.05, 0.1) is 12.1 Å². The summed E-state index contributed by atoms with van der Waals surface area (Å²) in [6.07, 6.45) is 6.02. The summed E-state index contributed by atoms with van der Waals surface area (Å²) in [6.45, 7) is 0.778. The molecule has 0 bridgehead atoms. The number of methoxy groups -OCH3 is 1. The predicted octanol–water partition coefficient (Wildman–Crippen LogP) is 2.69. The van der Waals surface area contributed by atoms with Gasteiger partial charge in [-0.15, -0.1) is 0 Å². The number of ether oxygens (including phenoxy) is 1. The third-order valence-corrected chi connectivity index (χ3v) is 4.27. The van der Waals surface area contributed by atoms with Crippen LogP contribution in [0.5, 0.6) is 0 Å². The van der Waals surface area contributed by atoms with Crippen molar-refractivity contribution in [2.24, 2.45) is 4.99 Å². The van der Waals surface area contributed by atoms with Gasteiger partial charge in [-0.3, -0.25) is 0 Å². The Hall–Kier alpha value is -1.44. The number of nitrogens with zero attached hydrogens (tertiary/aromatic N) is 1. The molecule has 0 aliphatic heterocycles. The van der Waals surface area contributed by atoms with Crippen LogP contribution >= 0.6 is 0 Å². The molecule has 0 spiro atoms. The molecule has 3 rings (SSSR count). The zero-order valence-electron chi connectivity index (χ0n) is 10.6. The Balaban J connectivity index is 1.93. The predicted molar refractivity (Wildman–Crippen MR) is 68.3 cm³/mol. The molecule has 0 amide bonds. The number of benzene rings is 1. The van der Waals surface area contributed by atoms with Gasteiger partial charge in [-0.2, -0.15) is 4.99 Å². The lowest BCUT2D eigenvalue weighted by Crippen LogP contribution is -2.15. The van der Waals surface area contributed by atoms with E-state index in [9.17, 15) is 4.79 Å². The van der Waals surface area contributed by atoms with Crippen LogP contribution in [0.4, 0.5) is 0 Å². The van der Waals surface area contributed by atoms with E-state index in [0.717, 1.165) is 25.0 Å². The van der Waals surface area contributed by atoms with Crippen LogP contribution in [0.25, 0.3) is 0 Å². The third kappa shape index (κ3) is 1.80. The molecule has 2 saturated carbocycles. The fraction of sp³-hybridized carbons (Fsp3) is 0.533. The smallest absolute Gasteiger partial charge is 0.235 e. The Morgan fingerprint density at radius 2 is 2.00 bits per heavy atom. The van der Waals surface area contributed by atoms with E-state index >= 15 is 0 Å². The number of hydrogen-bond donors (Lipinski definition) is 0. The fourth-order valence-electron chi connectivity index (χ4n) is 2.75. The lowest BCUT2D eigenvalue weighted by atomic mass is 9.92. The van der Waals surface area contributed by atoms with Gasteiger partial charge in [0.15, 0.2) is 0 Å². The standard InChI is InChI=1S/C15H17NO2/c1-18-10-14(5-6-14)12-3-2-4-13(9-12)15(7-8-15)16-11-17/h2-4,9H,5-8,10H2,1H3. The van der Waals surface area contributed by atoms with Crippen molar-refractivity contribution in [3.63, 3.8) is 0 Å². The van der Waals surface area contributed by atoms with Crippen molar-refractivity contribution in [1.29, 1.82) is 0 Å². The van der Waals surface area contributed by atoms with E-state index in [2.05, 4.69) is 29.3 Å². The van der Waals surface area contributed by atoms with Crippen molar-refractivity contribution in [3.05, 3.63) is 35.4 Å². The highest BCUT2D eigenvalue weighted by Gasteiger charge is 2.48. The van der Waals surface area contributed by atoms with Gasteiger partial charge in [-0.1, -0.05) is 24.3 Å². The van der Waals surface area contributed by atoms with E-state index in [1.165, 1.54) is 18.4 Å². The van der Waals surface area contributed by atoms with Gasteiger partial charge in [-0.05, 0) is 36.8 Å². The summed E-state index contributed by atoms with van der Waals surface area (Å²) in [4.78, 5) is 14.5. The van der Waals surface area contributed by atoms with Gasteiger partial charge < -0.3 is 4.74 Å². The molecule has 2 aliphatic rings. The summed E-state index contributed by atoms with van der Waals surface area (Å²) in [5.74, 6) is 0. The highest BCUT2D eigenvalue weighted by Crippen LogP contribution is 2.52. The lowest BCUT2D eigenvalue weighted by Gasteiger charge is -2.17. The van der Waals surface area contributed by atoms with Gasteiger partial charge >= 0.3 is 0 Å². The van der Waals surface area contributed by atoms with E-state index in [1.54, 1.807) is 13.2 Å². The molecular formula is C15H17NO2. The highest BCUT2D eigenvalue weighted by molar-refractivity contribution is 5.44. The highest BCUT2D eigenvalue weighted by atomic mass is 16.5. The first-order valence-corrected chi connectivity index (χ1v) is 6.44. The van der Waals surface area contributed by atoms with Crippen molar-refractivity contribution in [2.45, 2.75) is 36.6 Å². The van der Waals surface area contributed by atoms with Gasteiger partial charge in [0.2, 0.25) is 6.08 Å². The second-order valence-electron chi connectivity index (χ2n) is 5.53. The van der Waals surface area contributed by atoms with Crippen LogP contribution < -0.4 is 0 Å². The first-order valence-electron chi connectivity index (χ1n) is 6.44. The molecule has 94 valence electrons. The maximum Gasteiger partial charge on any atom is 0.235 e. The molecule has 2 aliphatic carbocycles. The van der Waals surface area contributed by atoms with Crippen molar-refractivity contribution in [3.8, 4) is 0 Å². The van der Waals surface area contributed by atoms with E-state index in [4.69, 9.17) is 4.74 Å². The van der Waals surface area contributed by atoms with Crippen LogP contribution in [0.3, 0.4) is 0 Å². The minimum Gasteiger partial charge on any atom is -0.384 e. The Bertz CT molecular complexity index is 509. The first-order chi connectivity index (χ1) is 8.75. The Morgan fingerprint density at radius 3 is 2.56 bits per heavy atom. The minimum absolute atomic E-state index is 0.214. The van der Waals surface area contributed by atoms with Gasteiger partial charge in [-0.25, -0.2) is 4.79 Å². The Kier molecular flexibility index (Phi) is 2.61. The summed E-state index contributed by atoms with van der Waals surface area (Å²) in [5.41, 5.74) is 2.44. The van der Waals surface area contributed by atoms with Crippen LogP contribution in [0.15, 0.2) is 29.3 Å². The number of hydrogen-bond acceptors (Lipinski definition) is 3. The monoisotopic (exact) mass is 243 g/mol. The van der Waals surface area contributed by atoms with E-state index in [0.29, 0.717) is 0 Å². The summed E-state index contributed by atoms with van der Waals surface area (Å²) in [6, 6.07) is 8.51. The maximum atomic E-state index is 10.5. The number of carbonyl (C=O) groups excluding carboxylic acids is 1. The lowest BCUT2D eigenvalue weighted by molar-refractivity contribution is 0.171. The van der Waals surface area contributed by atoms with Crippen LogP contribution in [0, 0.1) is 0 Å². The van der Waals surface area contributed by atoms with Crippen LogP contribution in [0.2, 0.25) is 0 Å². The van der Waals surface area contributed by atoms with Gasteiger partial charge in [0.25, 0.3) is 0 Å². The van der Waals surface area contributed by atoms with Crippen LogP contribution in [0.1, 0.15) is 36.8 Å².